The first kappa shape index (κ1) is 8.43. The summed E-state index contributed by atoms with van der Waals surface area (Å²) in [7, 11) is -2.99. The third-order valence-corrected chi connectivity index (χ3v) is 3.89. The summed E-state index contributed by atoms with van der Waals surface area (Å²) in [5.74, 6) is -1.01. The maximum Gasteiger partial charge on any atom is 0.253 e. The SMILES string of the molecule is O=C1C=CC(=O)N1C1CS(=O)(=O)C1. The van der Waals surface area contributed by atoms with Gasteiger partial charge in [-0.1, -0.05) is 0 Å². The number of hydrogen-bond acceptors (Lipinski definition) is 4. The number of carbonyl (C=O) groups is 2. The van der Waals surface area contributed by atoms with Crippen LogP contribution in [0.1, 0.15) is 0 Å². The van der Waals surface area contributed by atoms with Gasteiger partial charge in [0.2, 0.25) is 0 Å². The van der Waals surface area contributed by atoms with Crippen molar-refractivity contribution in [2.45, 2.75) is 6.04 Å². The van der Waals surface area contributed by atoms with Gasteiger partial charge in [0.25, 0.3) is 11.8 Å². The van der Waals surface area contributed by atoms with Crippen molar-refractivity contribution >= 4 is 21.7 Å². The number of imide groups is 1. The molecule has 2 aliphatic rings. The van der Waals surface area contributed by atoms with Crippen molar-refractivity contribution in [3.05, 3.63) is 12.2 Å². The Morgan fingerprint density at radius 3 is 2.00 bits per heavy atom. The summed E-state index contributed by atoms with van der Waals surface area (Å²) in [6, 6.07) is -0.444. The number of hydrogen-bond donors (Lipinski definition) is 0. The maximum absolute atomic E-state index is 11.1. The van der Waals surface area contributed by atoms with Crippen molar-refractivity contribution in [3.63, 3.8) is 0 Å². The molecule has 0 aromatic heterocycles. The Morgan fingerprint density at radius 1 is 1.15 bits per heavy atom. The Morgan fingerprint density at radius 2 is 1.62 bits per heavy atom. The normalized spacial score (nSPS) is 26.6. The molecule has 0 unspecified atom stereocenters. The molecule has 6 heteroatoms. The van der Waals surface area contributed by atoms with E-state index in [4.69, 9.17) is 0 Å². The Bertz CT molecular complexity index is 378. The molecule has 5 nitrogen and oxygen atoms in total. The van der Waals surface area contributed by atoms with Crippen molar-refractivity contribution in [2.24, 2.45) is 0 Å². The lowest BCUT2D eigenvalue weighted by Crippen LogP contribution is -2.55. The third-order valence-electron chi connectivity index (χ3n) is 2.10. The fourth-order valence-electron chi connectivity index (χ4n) is 1.46. The summed E-state index contributed by atoms with van der Waals surface area (Å²) < 4.78 is 21.6. The summed E-state index contributed by atoms with van der Waals surface area (Å²) in [5.41, 5.74) is 0. The molecule has 0 saturated carbocycles. The van der Waals surface area contributed by atoms with Gasteiger partial charge in [-0.2, -0.15) is 0 Å². The Kier molecular flexibility index (Phi) is 1.56. The van der Waals surface area contributed by atoms with Crippen LogP contribution in [0.5, 0.6) is 0 Å². The average molecular weight is 201 g/mol. The fraction of sp³-hybridized carbons (Fsp3) is 0.429. The molecule has 2 aliphatic heterocycles. The van der Waals surface area contributed by atoms with Crippen LogP contribution in [-0.2, 0) is 19.4 Å². The van der Waals surface area contributed by atoms with Gasteiger partial charge in [-0.05, 0) is 0 Å². The van der Waals surface area contributed by atoms with Crippen LogP contribution in [0.15, 0.2) is 12.2 Å². The highest BCUT2D eigenvalue weighted by Gasteiger charge is 2.43. The molecular formula is C7H7NO4S. The van der Waals surface area contributed by atoms with E-state index in [1.807, 2.05) is 0 Å². The molecule has 2 heterocycles. The van der Waals surface area contributed by atoms with Crippen LogP contribution in [0.2, 0.25) is 0 Å². The van der Waals surface area contributed by atoms with Crippen LogP contribution in [-0.4, -0.2) is 42.7 Å². The molecule has 0 aromatic rings. The van der Waals surface area contributed by atoms with Crippen molar-refractivity contribution in [3.8, 4) is 0 Å². The minimum Gasteiger partial charge on any atom is -0.270 e. The second kappa shape index (κ2) is 2.41. The zero-order valence-electron chi connectivity index (χ0n) is 6.63. The molecular weight excluding hydrogens is 194 g/mol. The predicted molar refractivity (Wildman–Crippen MR) is 43.4 cm³/mol. The van der Waals surface area contributed by atoms with Crippen molar-refractivity contribution in [1.82, 2.24) is 4.90 Å². The second-order valence-corrected chi connectivity index (χ2v) is 5.26. The smallest absolute Gasteiger partial charge is 0.253 e. The van der Waals surface area contributed by atoms with Gasteiger partial charge in [-0.25, -0.2) is 8.42 Å². The molecule has 0 radical (unpaired) electrons. The molecule has 13 heavy (non-hydrogen) atoms. The van der Waals surface area contributed by atoms with E-state index < -0.39 is 27.7 Å². The van der Waals surface area contributed by atoms with Gasteiger partial charge < -0.3 is 0 Å². The van der Waals surface area contributed by atoms with Crippen LogP contribution < -0.4 is 0 Å². The summed E-state index contributed by atoms with van der Waals surface area (Å²) in [5, 5.41) is 0. The molecule has 1 fully saturated rings. The summed E-state index contributed by atoms with van der Waals surface area (Å²) in [4.78, 5) is 23.1. The van der Waals surface area contributed by atoms with E-state index in [1.54, 1.807) is 0 Å². The Labute approximate surface area is 74.9 Å². The highest BCUT2D eigenvalue weighted by Crippen LogP contribution is 2.20. The van der Waals surface area contributed by atoms with E-state index in [0.717, 1.165) is 17.1 Å². The second-order valence-electron chi connectivity index (χ2n) is 3.11. The highest BCUT2D eigenvalue weighted by atomic mass is 32.2. The van der Waals surface area contributed by atoms with E-state index in [0.29, 0.717) is 0 Å². The summed E-state index contributed by atoms with van der Waals surface area (Å²) in [6.07, 6.45) is 2.32. The van der Waals surface area contributed by atoms with Crippen LogP contribution in [0.25, 0.3) is 0 Å². The molecule has 0 N–H and O–H groups in total. The van der Waals surface area contributed by atoms with Crippen LogP contribution in [0.4, 0.5) is 0 Å². The van der Waals surface area contributed by atoms with Gasteiger partial charge in [0.05, 0.1) is 17.5 Å². The summed E-state index contributed by atoms with van der Waals surface area (Å²) in [6.45, 7) is 0. The predicted octanol–water partition coefficient (Wildman–Crippen LogP) is -1.29. The molecule has 70 valence electrons. The third kappa shape index (κ3) is 1.27. The molecule has 1 saturated heterocycles. The number of nitrogens with zero attached hydrogens (tertiary/aromatic N) is 1. The monoisotopic (exact) mass is 201 g/mol. The topological polar surface area (TPSA) is 71.5 Å². The standard InChI is InChI=1S/C7H7NO4S/c9-6-1-2-7(10)8(6)5-3-13(11,12)4-5/h1-2,5H,3-4H2. The molecule has 2 rings (SSSR count). The number of sulfone groups is 1. The Balaban J connectivity index is 2.13. The van der Waals surface area contributed by atoms with Gasteiger partial charge in [0.15, 0.2) is 9.84 Å². The molecule has 0 aliphatic carbocycles. The number of rotatable bonds is 1. The largest absolute Gasteiger partial charge is 0.270 e. The van der Waals surface area contributed by atoms with Crippen LogP contribution in [0, 0.1) is 0 Å². The zero-order valence-corrected chi connectivity index (χ0v) is 7.45. The maximum atomic E-state index is 11.1. The molecule has 0 bridgehead atoms. The lowest BCUT2D eigenvalue weighted by atomic mass is 10.3. The van der Waals surface area contributed by atoms with Gasteiger partial charge in [-0.15, -0.1) is 0 Å². The molecule has 0 spiro atoms. The Hall–Kier alpha value is -1.17. The fourth-order valence-corrected chi connectivity index (χ4v) is 2.83. The van der Waals surface area contributed by atoms with Crippen molar-refractivity contribution < 1.29 is 18.0 Å². The summed E-state index contributed by atoms with van der Waals surface area (Å²) >= 11 is 0. The quantitative estimate of drug-likeness (QED) is 0.495. The lowest BCUT2D eigenvalue weighted by Gasteiger charge is -2.32. The minimum absolute atomic E-state index is 0.0911. The van der Waals surface area contributed by atoms with E-state index >= 15 is 0 Å². The lowest BCUT2D eigenvalue weighted by molar-refractivity contribution is -0.138. The van der Waals surface area contributed by atoms with Gasteiger partial charge >= 0.3 is 0 Å². The van der Waals surface area contributed by atoms with Crippen LogP contribution >= 0.6 is 0 Å². The number of amides is 2. The van der Waals surface area contributed by atoms with E-state index in [2.05, 4.69) is 0 Å². The van der Waals surface area contributed by atoms with Crippen molar-refractivity contribution in [2.75, 3.05) is 11.5 Å². The van der Waals surface area contributed by atoms with Crippen molar-refractivity contribution in [1.29, 1.82) is 0 Å². The first-order valence-corrected chi connectivity index (χ1v) is 5.57. The van der Waals surface area contributed by atoms with Crippen LogP contribution in [0.3, 0.4) is 0 Å². The number of carbonyl (C=O) groups excluding carboxylic acids is 2. The van der Waals surface area contributed by atoms with Gasteiger partial charge in [-0.3, -0.25) is 14.5 Å². The first-order chi connectivity index (χ1) is 5.99. The highest BCUT2D eigenvalue weighted by molar-refractivity contribution is 7.92. The molecule has 0 aromatic carbocycles. The average Bonchev–Trinajstić information content (AvgIpc) is 2.26. The van der Waals surface area contributed by atoms with Gasteiger partial charge in [0.1, 0.15) is 0 Å². The minimum atomic E-state index is -2.99. The first-order valence-electron chi connectivity index (χ1n) is 3.75. The molecule has 0 atom stereocenters. The van der Waals surface area contributed by atoms with E-state index in [-0.39, 0.29) is 11.5 Å². The van der Waals surface area contributed by atoms with E-state index in [9.17, 15) is 18.0 Å². The molecule has 2 amide bonds. The van der Waals surface area contributed by atoms with E-state index in [1.165, 1.54) is 0 Å². The zero-order chi connectivity index (χ0) is 9.64. The van der Waals surface area contributed by atoms with Gasteiger partial charge in [0, 0.05) is 12.2 Å².